The molecule has 3 heterocycles. The highest BCUT2D eigenvalue weighted by atomic mass is 19.4. The summed E-state index contributed by atoms with van der Waals surface area (Å²) in [4.78, 5) is 11.2. The fraction of sp³-hybridized carbons (Fsp3) is 0.0526. The van der Waals surface area contributed by atoms with Crippen molar-refractivity contribution in [3.05, 3.63) is 67.0 Å². The van der Waals surface area contributed by atoms with Gasteiger partial charge in [-0.1, -0.05) is 12.6 Å². The minimum Gasteiger partial charge on any atom is -0.397 e. The highest BCUT2D eigenvalue weighted by molar-refractivity contribution is 5.94. The smallest absolute Gasteiger partial charge is 0.397 e. The maximum absolute atomic E-state index is 12.6. The summed E-state index contributed by atoms with van der Waals surface area (Å²) in [6.45, 7) is 3.91. The first-order valence-corrected chi connectivity index (χ1v) is 8.36. The van der Waals surface area contributed by atoms with Gasteiger partial charge in [0.2, 0.25) is 0 Å². The highest BCUT2D eigenvalue weighted by Gasteiger charge is 2.32. The number of nitrogen functional groups attached to an aromatic ring is 1. The van der Waals surface area contributed by atoms with Crippen molar-refractivity contribution < 1.29 is 13.2 Å². The third kappa shape index (κ3) is 3.72. The molecule has 0 bridgehead atoms. The summed E-state index contributed by atoms with van der Waals surface area (Å²) in [7, 11) is 0. The second kappa shape index (κ2) is 6.89. The minimum atomic E-state index is -4.55. The van der Waals surface area contributed by atoms with Crippen LogP contribution in [-0.4, -0.2) is 25.1 Å². The second-order valence-electron chi connectivity index (χ2n) is 6.23. The summed E-state index contributed by atoms with van der Waals surface area (Å²) < 4.78 is 37.8. The van der Waals surface area contributed by atoms with Crippen molar-refractivity contribution in [3.63, 3.8) is 0 Å². The number of pyridine rings is 1. The van der Waals surface area contributed by atoms with Crippen LogP contribution in [0.2, 0.25) is 0 Å². The number of anilines is 2. The number of fused-ring (bicyclic) bond motifs is 1. The molecule has 0 atom stereocenters. The van der Waals surface area contributed by atoms with E-state index in [4.69, 9.17) is 5.73 Å². The number of nitrogens with one attached hydrogen (secondary N) is 2. The molecule has 3 aromatic heterocycles. The van der Waals surface area contributed by atoms with E-state index in [1.54, 1.807) is 18.5 Å². The second-order valence-corrected chi connectivity index (χ2v) is 6.23. The van der Waals surface area contributed by atoms with E-state index >= 15 is 0 Å². The van der Waals surface area contributed by atoms with Crippen LogP contribution >= 0.6 is 0 Å². The van der Waals surface area contributed by atoms with Crippen LogP contribution < -0.4 is 11.1 Å². The van der Waals surface area contributed by atoms with E-state index in [0.29, 0.717) is 23.3 Å². The summed E-state index contributed by atoms with van der Waals surface area (Å²) in [6.07, 6.45) is 0.354. The molecule has 0 fully saturated rings. The molecular weight excluding hydrogens is 383 g/mol. The average Bonchev–Trinajstić information content (AvgIpc) is 3.11. The fourth-order valence-electron chi connectivity index (χ4n) is 2.79. The van der Waals surface area contributed by atoms with E-state index in [-0.39, 0.29) is 5.82 Å². The molecule has 0 unspecified atom stereocenters. The van der Waals surface area contributed by atoms with Crippen LogP contribution in [0.1, 0.15) is 11.4 Å². The molecule has 1 aromatic carbocycles. The summed E-state index contributed by atoms with van der Waals surface area (Å²) >= 11 is 0. The third-order valence-electron chi connectivity index (χ3n) is 4.16. The van der Waals surface area contributed by atoms with Crippen molar-refractivity contribution in [1.29, 1.82) is 0 Å². The molecule has 0 saturated heterocycles. The molecule has 0 aliphatic heterocycles. The van der Waals surface area contributed by atoms with E-state index in [9.17, 15) is 13.2 Å². The average molecular weight is 397 g/mol. The maximum Gasteiger partial charge on any atom is 0.434 e. The molecule has 0 spiro atoms. The van der Waals surface area contributed by atoms with Crippen molar-refractivity contribution in [1.82, 2.24) is 25.1 Å². The SMILES string of the molecule is C=C(Nc1cnc(C(F)(F)F)cn1)c1n[nH]c2ccc(-c3cncc(N)c3)cc12. The number of rotatable bonds is 4. The first-order valence-electron chi connectivity index (χ1n) is 8.36. The monoisotopic (exact) mass is 397 g/mol. The largest absolute Gasteiger partial charge is 0.434 e. The number of aromatic amines is 1. The fourth-order valence-corrected chi connectivity index (χ4v) is 2.79. The van der Waals surface area contributed by atoms with Gasteiger partial charge in [-0.3, -0.25) is 10.1 Å². The van der Waals surface area contributed by atoms with Crippen LogP contribution in [0, 0.1) is 0 Å². The van der Waals surface area contributed by atoms with Crippen molar-refractivity contribution >= 4 is 28.1 Å². The Bertz CT molecular complexity index is 1200. The van der Waals surface area contributed by atoms with Gasteiger partial charge in [-0.05, 0) is 23.8 Å². The van der Waals surface area contributed by atoms with Gasteiger partial charge in [-0.2, -0.15) is 18.3 Å². The molecule has 10 heteroatoms. The number of halogens is 3. The van der Waals surface area contributed by atoms with Gasteiger partial charge in [-0.25, -0.2) is 9.97 Å². The van der Waals surface area contributed by atoms with Gasteiger partial charge < -0.3 is 11.1 Å². The number of hydrogen-bond donors (Lipinski definition) is 3. The van der Waals surface area contributed by atoms with Crippen molar-refractivity contribution in [3.8, 4) is 11.1 Å². The van der Waals surface area contributed by atoms with E-state index in [1.165, 1.54) is 0 Å². The Kier molecular flexibility index (Phi) is 4.38. The molecular formula is C19H14F3N7. The summed E-state index contributed by atoms with van der Waals surface area (Å²) in [5.74, 6) is 0.121. The van der Waals surface area contributed by atoms with Gasteiger partial charge in [0, 0.05) is 23.3 Å². The van der Waals surface area contributed by atoms with Crippen molar-refractivity contribution in [2.24, 2.45) is 0 Å². The van der Waals surface area contributed by atoms with E-state index in [0.717, 1.165) is 28.2 Å². The summed E-state index contributed by atoms with van der Waals surface area (Å²) in [6, 6.07) is 7.46. The number of alkyl halides is 3. The number of hydrogen-bond acceptors (Lipinski definition) is 6. The Labute approximate surface area is 162 Å². The molecule has 4 aromatic rings. The maximum atomic E-state index is 12.6. The van der Waals surface area contributed by atoms with Crippen LogP contribution in [-0.2, 0) is 6.18 Å². The Morgan fingerprint density at radius 1 is 1.03 bits per heavy atom. The van der Waals surface area contributed by atoms with Crippen LogP contribution in [0.5, 0.6) is 0 Å². The lowest BCUT2D eigenvalue weighted by Gasteiger charge is -2.09. The number of aromatic nitrogens is 5. The Hall–Kier alpha value is -3.95. The zero-order valence-corrected chi connectivity index (χ0v) is 14.8. The van der Waals surface area contributed by atoms with Gasteiger partial charge in [0.25, 0.3) is 0 Å². The molecule has 0 aliphatic carbocycles. The van der Waals surface area contributed by atoms with Crippen molar-refractivity contribution in [2.75, 3.05) is 11.1 Å². The summed E-state index contributed by atoms with van der Waals surface area (Å²) in [5, 5.41) is 10.7. The molecule has 0 amide bonds. The lowest BCUT2D eigenvalue weighted by atomic mass is 10.0. The minimum absolute atomic E-state index is 0.121. The van der Waals surface area contributed by atoms with E-state index in [1.807, 2.05) is 18.2 Å². The van der Waals surface area contributed by atoms with E-state index < -0.39 is 11.9 Å². The first kappa shape index (κ1) is 18.4. The molecule has 29 heavy (non-hydrogen) atoms. The number of nitrogens with two attached hydrogens (primary N) is 1. The molecule has 7 nitrogen and oxygen atoms in total. The molecule has 0 saturated carbocycles. The first-order chi connectivity index (χ1) is 13.8. The Morgan fingerprint density at radius 3 is 2.55 bits per heavy atom. The van der Waals surface area contributed by atoms with Crippen LogP contribution in [0.3, 0.4) is 0 Å². The van der Waals surface area contributed by atoms with Gasteiger partial charge in [0.1, 0.15) is 11.5 Å². The van der Waals surface area contributed by atoms with Crippen LogP contribution in [0.25, 0.3) is 27.7 Å². The topological polar surface area (TPSA) is 105 Å². The normalized spacial score (nSPS) is 11.6. The van der Waals surface area contributed by atoms with Gasteiger partial charge in [0.05, 0.1) is 29.3 Å². The van der Waals surface area contributed by atoms with Gasteiger partial charge in [0.15, 0.2) is 5.69 Å². The molecule has 0 radical (unpaired) electrons. The lowest BCUT2D eigenvalue weighted by Crippen LogP contribution is -2.09. The molecule has 4 rings (SSSR count). The van der Waals surface area contributed by atoms with Crippen LogP contribution in [0.15, 0.2) is 55.6 Å². The molecule has 146 valence electrons. The molecule has 4 N–H and O–H groups in total. The standard InChI is InChI=1S/C19H14F3N7/c1-10(27-17-9-25-16(8-26-17)19(20,21)22)18-14-5-11(2-3-15(14)28-29-18)12-4-13(23)7-24-6-12/h2-9H,1,23H2,(H,26,27)(H,28,29). The zero-order valence-electron chi connectivity index (χ0n) is 14.8. The quantitative estimate of drug-likeness (QED) is 0.479. The number of nitrogens with zero attached hydrogens (tertiary/aromatic N) is 4. The zero-order chi connectivity index (χ0) is 20.6. The highest BCUT2D eigenvalue weighted by Crippen LogP contribution is 2.29. The summed E-state index contributed by atoms with van der Waals surface area (Å²) in [5.41, 5.74) is 8.61. The van der Waals surface area contributed by atoms with Crippen molar-refractivity contribution in [2.45, 2.75) is 6.18 Å². The van der Waals surface area contributed by atoms with Gasteiger partial charge >= 0.3 is 6.18 Å². The third-order valence-corrected chi connectivity index (χ3v) is 4.16. The predicted molar refractivity (Wildman–Crippen MR) is 103 cm³/mol. The van der Waals surface area contributed by atoms with Gasteiger partial charge in [-0.15, -0.1) is 0 Å². The Balaban J connectivity index is 1.63. The van der Waals surface area contributed by atoms with E-state index in [2.05, 4.69) is 37.0 Å². The number of benzene rings is 1. The van der Waals surface area contributed by atoms with Crippen LogP contribution in [0.4, 0.5) is 24.7 Å². The number of H-pyrrole nitrogens is 1. The predicted octanol–water partition coefficient (Wildman–Crippen LogP) is 4.10. The lowest BCUT2D eigenvalue weighted by molar-refractivity contribution is -0.141. The Morgan fingerprint density at radius 2 is 1.86 bits per heavy atom. The molecule has 0 aliphatic rings.